The van der Waals surface area contributed by atoms with E-state index in [2.05, 4.69) is 5.32 Å². The van der Waals surface area contributed by atoms with Crippen LogP contribution in [0.4, 0.5) is 0 Å². The highest BCUT2D eigenvalue weighted by molar-refractivity contribution is 5.33. The summed E-state index contributed by atoms with van der Waals surface area (Å²) in [5.74, 6) is 1.67. The lowest BCUT2D eigenvalue weighted by Gasteiger charge is -2.12. The Balaban J connectivity index is 1.98. The van der Waals surface area contributed by atoms with Crippen molar-refractivity contribution in [1.82, 2.24) is 5.32 Å². The standard InChI is InChI=1S/C16H20N2O/c1-18-12-11-16(17)13-7-9-15(10-8-13)19-14-5-3-2-4-6-14/h2-10,16,18H,11-12,17H2,1H3. The summed E-state index contributed by atoms with van der Waals surface area (Å²) in [5, 5.41) is 3.11. The Morgan fingerprint density at radius 1 is 1.00 bits per heavy atom. The van der Waals surface area contributed by atoms with Crippen LogP contribution in [0, 0.1) is 0 Å². The number of para-hydroxylation sites is 1. The fourth-order valence-corrected chi connectivity index (χ4v) is 1.87. The molecule has 0 aromatic heterocycles. The van der Waals surface area contributed by atoms with Crippen molar-refractivity contribution in [3.63, 3.8) is 0 Å². The zero-order chi connectivity index (χ0) is 13.5. The second-order valence-corrected chi connectivity index (χ2v) is 4.48. The molecule has 2 aromatic carbocycles. The van der Waals surface area contributed by atoms with Crippen molar-refractivity contribution in [2.24, 2.45) is 5.73 Å². The highest BCUT2D eigenvalue weighted by Crippen LogP contribution is 2.23. The maximum atomic E-state index is 6.10. The smallest absolute Gasteiger partial charge is 0.127 e. The molecule has 0 radical (unpaired) electrons. The minimum Gasteiger partial charge on any atom is -0.457 e. The van der Waals surface area contributed by atoms with Gasteiger partial charge in [0.05, 0.1) is 0 Å². The van der Waals surface area contributed by atoms with Crippen LogP contribution < -0.4 is 15.8 Å². The number of ether oxygens (including phenoxy) is 1. The number of nitrogens with two attached hydrogens (primary N) is 1. The summed E-state index contributed by atoms with van der Waals surface area (Å²) in [4.78, 5) is 0. The number of benzene rings is 2. The van der Waals surface area contributed by atoms with Gasteiger partial charge in [0.2, 0.25) is 0 Å². The normalized spacial score (nSPS) is 12.1. The van der Waals surface area contributed by atoms with Gasteiger partial charge in [0, 0.05) is 6.04 Å². The quantitative estimate of drug-likeness (QED) is 0.835. The van der Waals surface area contributed by atoms with E-state index in [0.29, 0.717) is 0 Å². The van der Waals surface area contributed by atoms with Gasteiger partial charge in [-0.3, -0.25) is 0 Å². The predicted octanol–water partition coefficient (Wildman–Crippen LogP) is 3.09. The van der Waals surface area contributed by atoms with Gasteiger partial charge < -0.3 is 15.8 Å². The molecule has 3 heteroatoms. The van der Waals surface area contributed by atoms with Crippen molar-refractivity contribution in [3.05, 3.63) is 60.2 Å². The Bertz CT molecular complexity index is 482. The molecule has 0 aliphatic heterocycles. The summed E-state index contributed by atoms with van der Waals surface area (Å²) >= 11 is 0. The average Bonchev–Trinajstić information content (AvgIpc) is 2.46. The molecule has 3 N–H and O–H groups in total. The highest BCUT2D eigenvalue weighted by Gasteiger charge is 2.05. The van der Waals surface area contributed by atoms with E-state index in [1.807, 2.05) is 61.6 Å². The van der Waals surface area contributed by atoms with E-state index in [1.165, 1.54) is 0 Å². The van der Waals surface area contributed by atoms with Crippen molar-refractivity contribution in [1.29, 1.82) is 0 Å². The average molecular weight is 256 g/mol. The molecule has 2 aromatic rings. The SMILES string of the molecule is CNCCC(N)c1ccc(Oc2ccccc2)cc1. The molecule has 2 rings (SSSR count). The molecule has 0 fully saturated rings. The van der Waals surface area contributed by atoms with Crippen LogP contribution >= 0.6 is 0 Å². The first-order valence-corrected chi connectivity index (χ1v) is 6.52. The van der Waals surface area contributed by atoms with Gasteiger partial charge in [-0.25, -0.2) is 0 Å². The molecule has 1 unspecified atom stereocenters. The van der Waals surface area contributed by atoms with E-state index in [1.54, 1.807) is 0 Å². The molecule has 0 heterocycles. The first kappa shape index (κ1) is 13.6. The van der Waals surface area contributed by atoms with Crippen LogP contribution in [0.3, 0.4) is 0 Å². The van der Waals surface area contributed by atoms with E-state index in [4.69, 9.17) is 10.5 Å². The number of rotatable bonds is 6. The molecule has 3 nitrogen and oxygen atoms in total. The topological polar surface area (TPSA) is 47.3 Å². The van der Waals surface area contributed by atoms with Crippen molar-refractivity contribution in [3.8, 4) is 11.5 Å². The highest BCUT2D eigenvalue weighted by atomic mass is 16.5. The van der Waals surface area contributed by atoms with Crippen molar-refractivity contribution < 1.29 is 4.74 Å². The molecule has 0 amide bonds. The summed E-state index contributed by atoms with van der Waals surface area (Å²) in [6.07, 6.45) is 0.926. The van der Waals surface area contributed by atoms with E-state index in [9.17, 15) is 0 Å². The molecule has 0 aliphatic rings. The first-order valence-electron chi connectivity index (χ1n) is 6.52. The summed E-state index contributed by atoms with van der Waals surface area (Å²) in [5.41, 5.74) is 7.24. The number of nitrogens with one attached hydrogen (secondary N) is 1. The predicted molar refractivity (Wildman–Crippen MR) is 78.4 cm³/mol. The van der Waals surface area contributed by atoms with Crippen LogP contribution in [0.1, 0.15) is 18.0 Å². The lowest BCUT2D eigenvalue weighted by molar-refractivity contribution is 0.482. The molecule has 0 saturated carbocycles. The van der Waals surface area contributed by atoms with Gasteiger partial charge >= 0.3 is 0 Å². The Morgan fingerprint density at radius 2 is 1.63 bits per heavy atom. The van der Waals surface area contributed by atoms with Gasteiger partial charge in [0.25, 0.3) is 0 Å². The molecule has 19 heavy (non-hydrogen) atoms. The van der Waals surface area contributed by atoms with E-state index in [-0.39, 0.29) is 6.04 Å². The van der Waals surface area contributed by atoms with Gasteiger partial charge in [0.1, 0.15) is 11.5 Å². The molecular weight excluding hydrogens is 236 g/mol. The lowest BCUT2D eigenvalue weighted by atomic mass is 10.0. The number of hydrogen-bond acceptors (Lipinski definition) is 3. The molecule has 0 bridgehead atoms. The Kier molecular flexibility index (Phi) is 4.95. The van der Waals surface area contributed by atoms with E-state index < -0.39 is 0 Å². The van der Waals surface area contributed by atoms with Crippen LogP contribution in [-0.2, 0) is 0 Å². The maximum absolute atomic E-state index is 6.10. The summed E-state index contributed by atoms with van der Waals surface area (Å²) in [6, 6.07) is 17.8. The Labute approximate surface area is 114 Å². The molecule has 0 spiro atoms. The monoisotopic (exact) mass is 256 g/mol. The van der Waals surface area contributed by atoms with E-state index >= 15 is 0 Å². The van der Waals surface area contributed by atoms with Gasteiger partial charge in [0.15, 0.2) is 0 Å². The third-order valence-electron chi connectivity index (χ3n) is 2.99. The Hall–Kier alpha value is -1.84. The number of hydrogen-bond donors (Lipinski definition) is 2. The zero-order valence-electron chi connectivity index (χ0n) is 11.2. The minimum absolute atomic E-state index is 0.0678. The third-order valence-corrected chi connectivity index (χ3v) is 2.99. The largest absolute Gasteiger partial charge is 0.457 e. The van der Waals surface area contributed by atoms with Crippen LogP contribution in [0.15, 0.2) is 54.6 Å². The van der Waals surface area contributed by atoms with Crippen LogP contribution in [0.25, 0.3) is 0 Å². The van der Waals surface area contributed by atoms with Crippen LogP contribution in [0.2, 0.25) is 0 Å². The second kappa shape index (κ2) is 6.92. The maximum Gasteiger partial charge on any atom is 0.127 e. The zero-order valence-corrected chi connectivity index (χ0v) is 11.2. The van der Waals surface area contributed by atoms with Crippen molar-refractivity contribution in [2.75, 3.05) is 13.6 Å². The Morgan fingerprint density at radius 3 is 2.26 bits per heavy atom. The molecule has 100 valence electrons. The molecule has 1 atom stereocenters. The molecule has 0 aliphatic carbocycles. The third kappa shape index (κ3) is 4.09. The lowest BCUT2D eigenvalue weighted by Crippen LogP contribution is -2.17. The van der Waals surface area contributed by atoms with Gasteiger partial charge in [-0.15, -0.1) is 0 Å². The fraction of sp³-hybridized carbons (Fsp3) is 0.250. The molecular formula is C16H20N2O. The summed E-state index contributed by atoms with van der Waals surface area (Å²) in [7, 11) is 1.93. The van der Waals surface area contributed by atoms with Gasteiger partial charge in [-0.1, -0.05) is 30.3 Å². The summed E-state index contributed by atoms with van der Waals surface area (Å²) in [6.45, 7) is 0.920. The van der Waals surface area contributed by atoms with Crippen molar-refractivity contribution >= 4 is 0 Å². The van der Waals surface area contributed by atoms with Crippen molar-refractivity contribution in [2.45, 2.75) is 12.5 Å². The molecule has 0 saturated heterocycles. The fourth-order valence-electron chi connectivity index (χ4n) is 1.87. The van der Waals surface area contributed by atoms with Gasteiger partial charge in [-0.05, 0) is 49.8 Å². The summed E-state index contributed by atoms with van der Waals surface area (Å²) < 4.78 is 5.74. The van der Waals surface area contributed by atoms with Gasteiger partial charge in [-0.2, -0.15) is 0 Å². The van der Waals surface area contributed by atoms with Crippen LogP contribution in [0.5, 0.6) is 11.5 Å². The minimum atomic E-state index is 0.0678. The van der Waals surface area contributed by atoms with E-state index in [0.717, 1.165) is 30.0 Å². The second-order valence-electron chi connectivity index (χ2n) is 4.48. The van der Waals surface area contributed by atoms with Crippen LogP contribution in [-0.4, -0.2) is 13.6 Å². The first-order chi connectivity index (χ1) is 9.29.